The Morgan fingerprint density at radius 1 is 1.48 bits per heavy atom. The van der Waals surface area contributed by atoms with E-state index in [4.69, 9.17) is 16.3 Å². The molecule has 1 aromatic rings. The van der Waals surface area contributed by atoms with Crippen molar-refractivity contribution in [3.8, 4) is 5.75 Å². The van der Waals surface area contributed by atoms with Gasteiger partial charge in [0.25, 0.3) is 0 Å². The summed E-state index contributed by atoms with van der Waals surface area (Å²) < 4.78 is 5.59. The first-order chi connectivity index (χ1) is 9.68. The van der Waals surface area contributed by atoms with Crippen molar-refractivity contribution in [3.63, 3.8) is 0 Å². The number of benzene rings is 1. The number of ether oxygens (including phenoxy) is 1. The molecule has 2 rings (SSSR count). The number of rotatable bonds is 5. The Hall–Kier alpha value is -0.970. The second kappa shape index (κ2) is 9.13. The molecule has 1 saturated heterocycles. The first-order valence-corrected chi connectivity index (χ1v) is 7.44. The summed E-state index contributed by atoms with van der Waals surface area (Å²) in [5, 5.41) is 3.89. The molecular weight excluding hydrogens is 311 g/mol. The summed E-state index contributed by atoms with van der Waals surface area (Å²) in [6.45, 7) is 5.14. The van der Waals surface area contributed by atoms with Crippen molar-refractivity contribution in [2.75, 3.05) is 26.2 Å². The third-order valence-electron chi connectivity index (χ3n) is 3.45. The van der Waals surface area contributed by atoms with Gasteiger partial charge in [-0.3, -0.25) is 4.79 Å². The van der Waals surface area contributed by atoms with Crippen molar-refractivity contribution in [1.29, 1.82) is 0 Å². The Morgan fingerprint density at radius 3 is 2.95 bits per heavy atom. The molecule has 118 valence electrons. The largest absolute Gasteiger partial charge is 0.492 e. The summed E-state index contributed by atoms with van der Waals surface area (Å²) in [4.78, 5) is 14.1. The smallest absolute Gasteiger partial charge is 0.223 e. The van der Waals surface area contributed by atoms with Crippen LogP contribution in [0, 0.1) is 0 Å². The second-order valence-corrected chi connectivity index (χ2v) is 5.43. The zero-order chi connectivity index (χ0) is 14.4. The Bertz CT molecular complexity index is 457. The Balaban J connectivity index is 0.00000220. The lowest BCUT2D eigenvalue weighted by Gasteiger charge is -2.34. The monoisotopic (exact) mass is 332 g/mol. The maximum atomic E-state index is 12.1. The number of carbonyl (C=O) groups excluding carboxylic acids is 1. The van der Waals surface area contributed by atoms with Crippen LogP contribution in [-0.4, -0.2) is 43.1 Å². The number of halogens is 2. The molecule has 1 unspecified atom stereocenters. The third kappa shape index (κ3) is 5.38. The number of hydrogen-bond donors (Lipinski definition) is 1. The lowest BCUT2D eigenvalue weighted by molar-refractivity contribution is -0.134. The van der Waals surface area contributed by atoms with E-state index in [2.05, 4.69) is 12.2 Å². The fourth-order valence-corrected chi connectivity index (χ4v) is 2.51. The van der Waals surface area contributed by atoms with Gasteiger partial charge in [0.2, 0.25) is 5.91 Å². The van der Waals surface area contributed by atoms with Crippen molar-refractivity contribution in [2.45, 2.75) is 25.8 Å². The van der Waals surface area contributed by atoms with Crippen LogP contribution >= 0.6 is 24.0 Å². The van der Waals surface area contributed by atoms with E-state index in [1.807, 2.05) is 23.1 Å². The lowest BCUT2D eigenvalue weighted by Crippen LogP contribution is -2.52. The SMILES string of the molecule is CC1CNCCN1C(=O)CCCOc1ccccc1Cl.Cl. The lowest BCUT2D eigenvalue weighted by atomic mass is 10.2. The molecule has 0 spiro atoms. The van der Waals surface area contributed by atoms with E-state index < -0.39 is 0 Å². The molecule has 1 amide bonds. The van der Waals surface area contributed by atoms with Crippen molar-refractivity contribution in [3.05, 3.63) is 29.3 Å². The molecule has 1 aliphatic heterocycles. The zero-order valence-corrected chi connectivity index (χ0v) is 13.8. The van der Waals surface area contributed by atoms with Gasteiger partial charge in [0.05, 0.1) is 11.6 Å². The van der Waals surface area contributed by atoms with Crippen LogP contribution in [0.1, 0.15) is 19.8 Å². The van der Waals surface area contributed by atoms with E-state index in [9.17, 15) is 4.79 Å². The minimum Gasteiger partial charge on any atom is -0.492 e. The number of hydrogen-bond acceptors (Lipinski definition) is 3. The number of para-hydroxylation sites is 1. The van der Waals surface area contributed by atoms with Crippen LogP contribution in [0.5, 0.6) is 5.75 Å². The number of nitrogens with zero attached hydrogens (tertiary/aromatic N) is 1. The van der Waals surface area contributed by atoms with Crippen LogP contribution in [0.25, 0.3) is 0 Å². The van der Waals surface area contributed by atoms with Crippen molar-refractivity contribution in [2.24, 2.45) is 0 Å². The van der Waals surface area contributed by atoms with Crippen LogP contribution in [-0.2, 0) is 4.79 Å². The fraction of sp³-hybridized carbons (Fsp3) is 0.533. The summed E-state index contributed by atoms with van der Waals surface area (Å²) in [7, 11) is 0. The molecule has 1 N–H and O–H groups in total. The molecule has 1 atom stereocenters. The highest BCUT2D eigenvalue weighted by atomic mass is 35.5. The summed E-state index contributed by atoms with van der Waals surface area (Å²) >= 11 is 6.00. The topological polar surface area (TPSA) is 41.6 Å². The highest BCUT2D eigenvalue weighted by molar-refractivity contribution is 6.32. The maximum Gasteiger partial charge on any atom is 0.223 e. The van der Waals surface area contributed by atoms with Crippen LogP contribution < -0.4 is 10.1 Å². The number of carbonyl (C=O) groups is 1. The molecule has 0 aliphatic carbocycles. The van der Waals surface area contributed by atoms with Gasteiger partial charge in [0.15, 0.2) is 0 Å². The van der Waals surface area contributed by atoms with Gasteiger partial charge >= 0.3 is 0 Å². The average Bonchev–Trinajstić information content (AvgIpc) is 2.45. The highest BCUT2D eigenvalue weighted by Gasteiger charge is 2.22. The van der Waals surface area contributed by atoms with Crippen molar-refractivity contribution >= 4 is 29.9 Å². The van der Waals surface area contributed by atoms with Crippen LogP contribution in [0.15, 0.2) is 24.3 Å². The predicted molar refractivity (Wildman–Crippen MR) is 87.5 cm³/mol. The molecule has 6 heteroatoms. The van der Waals surface area contributed by atoms with Crippen LogP contribution in [0.3, 0.4) is 0 Å². The van der Waals surface area contributed by atoms with Gasteiger partial charge < -0.3 is 15.0 Å². The standard InChI is InChI=1S/C15H21ClN2O2.ClH/c1-12-11-17-8-9-18(12)15(19)7-4-10-20-14-6-3-2-5-13(14)16;/h2-3,5-6,12,17H,4,7-11H2,1H3;1H. The van der Waals surface area contributed by atoms with E-state index in [0.29, 0.717) is 30.2 Å². The van der Waals surface area contributed by atoms with Gasteiger partial charge in [-0.25, -0.2) is 0 Å². The van der Waals surface area contributed by atoms with E-state index >= 15 is 0 Å². The minimum atomic E-state index is 0. The Kier molecular flexibility index (Phi) is 7.86. The summed E-state index contributed by atoms with van der Waals surface area (Å²) in [5.74, 6) is 0.888. The van der Waals surface area contributed by atoms with E-state index in [0.717, 1.165) is 19.6 Å². The quantitative estimate of drug-likeness (QED) is 0.843. The molecule has 0 bridgehead atoms. The van der Waals surface area contributed by atoms with Gasteiger partial charge in [0, 0.05) is 32.1 Å². The van der Waals surface area contributed by atoms with E-state index in [1.54, 1.807) is 6.07 Å². The molecule has 0 saturated carbocycles. The van der Waals surface area contributed by atoms with Crippen LogP contribution in [0.4, 0.5) is 0 Å². The number of piperazine rings is 1. The molecule has 0 radical (unpaired) electrons. The van der Waals surface area contributed by atoms with Gasteiger partial charge in [0.1, 0.15) is 5.75 Å². The summed E-state index contributed by atoms with van der Waals surface area (Å²) in [6.07, 6.45) is 1.23. The van der Waals surface area contributed by atoms with Gasteiger partial charge in [-0.15, -0.1) is 12.4 Å². The number of amides is 1. The van der Waals surface area contributed by atoms with Crippen molar-refractivity contribution in [1.82, 2.24) is 10.2 Å². The highest BCUT2D eigenvalue weighted by Crippen LogP contribution is 2.23. The Morgan fingerprint density at radius 2 is 2.24 bits per heavy atom. The van der Waals surface area contributed by atoms with E-state index in [1.165, 1.54) is 0 Å². The predicted octanol–water partition coefficient (Wildman–Crippen LogP) is 2.74. The van der Waals surface area contributed by atoms with Gasteiger partial charge in [-0.2, -0.15) is 0 Å². The second-order valence-electron chi connectivity index (χ2n) is 5.02. The van der Waals surface area contributed by atoms with E-state index in [-0.39, 0.29) is 24.4 Å². The summed E-state index contributed by atoms with van der Waals surface area (Å²) in [5.41, 5.74) is 0. The fourth-order valence-electron chi connectivity index (χ4n) is 2.32. The molecule has 1 aliphatic rings. The third-order valence-corrected chi connectivity index (χ3v) is 3.76. The summed E-state index contributed by atoms with van der Waals surface area (Å²) in [6, 6.07) is 7.66. The minimum absolute atomic E-state index is 0. The van der Waals surface area contributed by atoms with Crippen LogP contribution in [0.2, 0.25) is 5.02 Å². The first-order valence-electron chi connectivity index (χ1n) is 7.06. The normalized spacial score (nSPS) is 18.0. The van der Waals surface area contributed by atoms with Gasteiger partial charge in [-0.05, 0) is 25.5 Å². The molecule has 1 heterocycles. The van der Waals surface area contributed by atoms with Gasteiger partial charge in [-0.1, -0.05) is 23.7 Å². The molecular formula is C15H22Cl2N2O2. The maximum absolute atomic E-state index is 12.1. The van der Waals surface area contributed by atoms with Crippen molar-refractivity contribution < 1.29 is 9.53 Å². The molecule has 1 aromatic carbocycles. The zero-order valence-electron chi connectivity index (χ0n) is 12.2. The average molecular weight is 333 g/mol. The first kappa shape index (κ1) is 18.1. The molecule has 21 heavy (non-hydrogen) atoms. The number of nitrogens with one attached hydrogen (secondary N) is 1. The molecule has 0 aromatic heterocycles. The Labute approximate surface area is 137 Å². The molecule has 1 fully saturated rings. The molecule has 4 nitrogen and oxygen atoms in total.